The summed E-state index contributed by atoms with van der Waals surface area (Å²) in [5.41, 5.74) is 6.71. The van der Waals surface area contributed by atoms with E-state index in [9.17, 15) is 13.2 Å². The second kappa shape index (κ2) is 6.32. The zero-order valence-electron chi connectivity index (χ0n) is 10.8. The fourth-order valence-corrected chi connectivity index (χ4v) is 1.82. The van der Waals surface area contributed by atoms with E-state index in [1.807, 2.05) is 0 Å². The molecule has 0 saturated carbocycles. The van der Waals surface area contributed by atoms with Crippen LogP contribution in [0.25, 0.3) is 0 Å². The van der Waals surface area contributed by atoms with Gasteiger partial charge < -0.3 is 19.9 Å². The lowest BCUT2D eigenvalue weighted by Gasteiger charge is -2.13. The normalized spacial score (nSPS) is 15.4. The molecule has 1 aliphatic rings. The van der Waals surface area contributed by atoms with E-state index in [1.165, 1.54) is 0 Å². The number of hydrogen-bond donors (Lipinski definition) is 1. The van der Waals surface area contributed by atoms with E-state index in [0.29, 0.717) is 11.5 Å². The quantitative estimate of drug-likeness (QED) is 0.819. The van der Waals surface area contributed by atoms with Crippen molar-refractivity contribution in [1.29, 1.82) is 0 Å². The number of halogens is 3. The van der Waals surface area contributed by atoms with Gasteiger partial charge in [0.25, 0.3) is 0 Å². The highest BCUT2D eigenvalue weighted by Crippen LogP contribution is 2.33. The highest BCUT2D eigenvalue weighted by molar-refractivity contribution is 5.45. The number of ether oxygens (including phenoxy) is 3. The van der Waals surface area contributed by atoms with Gasteiger partial charge in [0.2, 0.25) is 6.79 Å². The van der Waals surface area contributed by atoms with Gasteiger partial charge in [-0.2, -0.15) is 13.2 Å². The SMILES string of the molecule is NC(COCCCC(F)(F)F)c1ccc2c(c1)OCO2. The summed E-state index contributed by atoms with van der Waals surface area (Å²) in [7, 11) is 0. The first-order chi connectivity index (χ1) is 9.46. The Bertz CT molecular complexity index is 451. The summed E-state index contributed by atoms with van der Waals surface area (Å²) < 4.78 is 51.4. The van der Waals surface area contributed by atoms with Gasteiger partial charge in [0.1, 0.15) is 0 Å². The van der Waals surface area contributed by atoms with E-state index in [1.54, 1.807) is 18.2 Å². The van der Waals surface area contributed by atoms with Crippen molar-refractivity contribution in [2.24, 2.45) is 5.73 Å². The molecule has 0 aliphatic carbocycles. The number of rotatable bonds is 6. The molecule has 112 valence electrons. The lowest BCUT2D eigenvalue weighted by Crippen LogP contribution is -2.18. The molecule has 0 radical (unpaired) electrons. The Labute approximate surface area is 114 Å². The third-order valence-corrected chi connectivity index (χ3v) is 2.87. The van der Waals surface area contributed by atoms with Gasteiger partial charge in [-0.15, -0.1) is 0 Å². The van der Waals surface area contributed by atoms with Gasteiger partial charge in [0.15, 0.2) is 11.5 Å². The Morgan fingerprint density at radius 2 is 2.00 bits per heavy atom. The zero-order valence-corrected chi connectivity index (χ0v) is 10.8. The predicted molar refractivity (Wildman–Crippen MR) is 65.6 cm³/mol. The number of benzene rings is 1. The molecule has 1 aromatic carbocycles. The Kier molecular flexibility index (Phi) is 4.72. The minimum Gasteiger partial charge on any atom is -0.454 e. The number of fused-ring (bicyclic) bond motifs is 1. The Morgan fingerprint density at radius 1 is 1.25 bits per heavy atom. The van der Waals surface area contributed by atoms with Crippen molar-refractivity contribution in [3.8, 4) is 11.5 Å². The van der Waals surface area contributed by atoms with Gasteiger partial charge >= 0.3 is 6.18 Å². The predicted octanol–water partition coefficient (Wildman–Crippen LogP) is 2.77. The topological polar surface area (TPSA) is 53.7 Å². The van der Waals surface area contributed by atoms with Crippen LogP contribution in [0, 0.1) is 0 Å². The number of alkyl halides is 3. The van der Waals surface area contributed by atoms with Crippen LogP contribution in [0.2, 0.25) is 0 Å². The number of hydrogen-bond acceptors (Lipinski definition) is 4. The van der Waals surface area contributed by atoms with Crippen LogP contribution in [-0.4, -0.2) is 26.2 Å². The molecule has 1 atom stereocenters. The van der Waals surface area contributed by atoms with Gasteiger partial charge in [-0.3, -0.25) is 0 Å². The highest BCUT2D eigenvalue weighted by atomic mass is 19.4. The molecule has 0 aromatic heterocycles. The van der Waals surface area contributed by atoms with Crippen molar-refractivity contribution in [2.75, 3.05) is 20.0 Å². The molecule has 0 bridgehead atoms. The summed E-state index contributed by atoms with van der Waals surface area (Å²) >= 11 is 0. The molecule has 0 saturated heterocycles. The van der Waals surface area contributed by atoms with Crippen LogP contribution in [0.5, 0.6) is 11.5 Å². The average Bonchev–Trinajstić information content (AvgIpc) is 2.83. The van der Waals surface area contributed by atoms with Crippen LogP contribution in [-0.2, 0) is 4.74 Å². The minimum atomic E-state index is -4.14. The first-order valence-electron chi connectivity index (χ1n) is 6.25. The first-order valence-corrected chi connectivity index (χ1v) is 6.25. The van der Waals surface area contributed by atoms with Gasteiger partial charge in [0, 0.05) is 13.0 Å². The van der Waals surface area contributed by atoms with Gasteiger partial charge in [-0.1, -0.05) is 6.07 Å². The lowest BCUT2D eigenvalue weighted by atomic mass is 10.1. The molecule has 0 fully saturated rings. The molecule has 20 heavy (non-hydrogen) atoms. The minimum absolute atomic E-state index is 0.0394. The van der Waals surface area contributed by atoms with Crippen molar-refractivity contribution in [2.45, 2.75) is 25.1 Å². The molecule has 1 aliphatic heterocycles. The summed E-state index contributed by atoms with van der Waals surface area (Å²) in [4.78, 5) is 0. The second-order valence-corrected chi connectivity index (χ2v) is 4.51. The Hall–Kier alpha value is -1.47. The maximum atomic E-state index is 11.9. The molecule has 1 heterocycles. The van der Waals surface area contributed by atoms with Crippen molar-refractivity contribution in [3.63, 3.8) is 0 Å². The van der Waals surface area contributed by atoms with Crippen molar-refractivity contribution < 1.29 is 27.4 Å². The highest BCUT2D eigenvalue weighted by Gasteiger charge is 2.26. The van der Waals surface area contributed by atoms with Crippen molar-refractivity contribution >= 4 is 0 Å². The summed E-state index contributed by atoms with van der Waals surface area (Å²) in [6.45, 7) is 0.386. The van der Waals surface area contributed by atoms with Crippen LogP contribution in [0.3, 0.4) is 0 Å². The van der Waals surface area contributed by atoms with Crippen LogP contribution < -0.4 is 15.2 Å². The van der Waals surface area contributed by atoms with Gasteiger partial charge in [0.05, 0.1) is 12.6 Å². The molecular weight excluding hydrogens is 275 g/mol. The molecule has 0 amide bonds. The van der Waals surface area contributed by atoms with E-state index in [4.69, 9.17) is 19.9 Å². The molecule has 7 heteroatoms. The monoisotopic (exact) mass is 291 g/mol. The van der Waals surface area contributed by atoms with E-state index >= 15 is 0 Å². The number of nitrogens with two attached hydrogens (primary N) is 1. The molecule has 1 unspecified atom stereocenters. The second-order valence-electron chi connectivity index (χ2n) is 4.51. The van der Waals surface area contributed by atoms with Crippen molar-refractivity contribution in [1.82, 2.24) is 0 Å². The third-order valence-electron chi connectivity index (χ3n) is 2.87. The maximum Gasteiger partial charge on any atom is 0.389 e. The molecular formula is C13H16F3NO3. The van der Waals surface area contributed by atoms with Crippen LogP contribution in [0.15, 0.2) is 18.2 Å². The Morgan fingerprint density at radius 3 is 2.75 bits per heavy atom. The van der Waals surface area contributed by atoms with Crippen LogP contribution in [0.4, 0.5) is 13.2 Å². The van der Waals surface area contributed by atoms with E-state index in [0.717, 1.165) is 5.56 Å². The molecule has 0 spiro atoms. The van der Waals surface area contributed by atoms with Crippen LogP contribution in [0.1, 0.15) is 24.4 Å². The van der Waals surface area contributed by atoms with Crippen molar-refractivity contribution in [3.05, 3.63) is 23.8 Å². The van der Waals surface area contributed by atoms with E-state index in [2.05, 4.69) is 0 Å². The average molecular weight is 291 g/mol. The maximum absolute atomic E-state index is 11.9. The molecule has 4 nitrogen and oxygen atoms in total. The molecule has 2 N–H and O–H groups in total. The van der Waals surface area contributed by atoms with Gasteiger partial charge in [-0.05, 0) is 24.1 Å². The summed E-state index contributed by atoms with van der Waals surface area (Å²) in [6.07, 6.45) is -5.04. The molecule has 1 aromatic rings. The summed E-state index contributed by atoms with van der Waals surface area (Å²) in [6, 6.07) is 4.89. The summed E-state index contributed by atoms with van der Waals surface area (Å²) in [5.74, 6) is 1.28. The standard InChI is InChI=1S/C13H16F3NO3/c14-13(15,16)4-1-5-18-7-10(17)9-2-3-11-12(6-9)20-8-19-11/h2-3,6,10H,1,4-5,7-8,17H2. The smallest absolute Gasteiger partial charge is 0.389 e. The fraction of sp³-hybridized carbons (Fsp3) is 0.538. The van der Waals surface area contributed by atoms with E-state index < -0.39 is 18.6 Å². The lowest BCUT2D eigenvalue weighted by molar-refractivity contribution is -0.137. The zero-order chi connectivity index (χ0) is 14.6. The fourth-order valence-electron chi connectivity index (χ4n) is 1.82. The Balaban J connectivity index is 1.73. The molecule has 2 rings (SSSR count). The largest absolute Gasteiger partial charge is 0.454 e. The van der Waals surface area contributed by atoms with Crippen LogP contribution >= 0.6 is 0 Å². The van der Waals surface area contributed by atoms with Gasteiger partial charge in [-0.25, -0.2) is 0 Å². The third kappa shape index (κ3) is 4.28. The summed E-state index contributed by atoms with van der Waals surface area (Å²) in [5, 5.41) is 0. The first kappa shape index (κ1) is 14.9. The van der Waals surface area contributed by atoms with E-state index in [-0.39, 0.29) is 26.4 Å².